The van der Waals surface area contributed by atoms with Gasteiger partial charge in [0.2, 0.25) is 15.9 Å². The maximum absolute atomic E-state index is 12.9. The topological polar surface area (TPSA) is 69.7 Å². The van der Waals surface area contributed by atoms with Gasteiger partial charge in [-0.15, -0.1) is 0 Å². The van der Waals surface area contributed by atoms with Crippen LogP contribution in [0.5, 0.6) is 0 Å². The number of benzene rings is 2. The van der Waals surface area contributed by atoms with Crippen molar-refractivity contribution < 1.29 is 17.6 Å². The first-order valence-corrected chi connectivity index (χ1v) is 10.7. The maximum Gasteiger partial charge on any atom is 0.244 e. The molecule has 1 amide bonds. The molecule has 2 aromatic rings. The van der Waals surface area contributed by atoms with E-state index in [1.54, 1.807) is 0 Å². The number of anilines is 1. The van der Waals surface area contributed by atoms with E-state index in [0.29, 0.717) is 18.8 Å². The van der Waals surface area contributed by atoms with Crippen molar-refractivity contribution in [3.05, 3.63) is 58.3 Å². The van der Waals surface area contributed by atoms with Crippen LogP contribution in [0, 0.1) is 5.82 Å². The molecule has 0 saturated carbocycles. The summed E-state index contributed by atoms with van der Waals surface area (Å²) >= 11 is 12.0. The van der Waals surface area contributed by atoms with Crippen molar-refractivity contribution in [2.24, 2.45) is 0 Å². The Morgan fingerprint density at radius 3 is 2.32 bits per heavy atom. The van der Waals surface area contributed by atoms with Crippen LogP contribution in [0.4, 0.5) is 10.1 Å². The third-order valence-corrected chi connectivity index (χ3v) is 7.23. The minimum atomic E-state index is -3.77. The molecule has 1 saturated heterocycles. The fraction of sp³-hybridized carbons (Fsp3) is 0.278. The number of amides is 1. The highest BCUT2D eigenvalue weighted by Crippen LogP contribution is 2.31. The fourth-order valence-electron chi connectivity index (χ4n) is 2.89. The zero-order valence-electron chi connectivity index (χ0n) is 14.7. The van der Waals surface area contributed by atoms with Crippen molar-refractivity contribution in [3.8, 4) is 0 Å². The monoisotopic (exact) mass is 445 g/mol. The van der Waals surface area contributed by atoms with Crippen LogP contribution in [0.25, 0.3) is 0 Å². The Labute approximate surface area is 172 Å². The Balaban J connectivity index is 1.57. The molecule has 1 heterocycles. The highest BCUT2D eigenvalue weighted by molar-refractivity contribution is 7.89. The Hall–Kier alpha value is -1.71. The summed E-state index contributed by atoms with van der Waals surface area (Å²) < 4.78 is 39.9. The van der Waals surface area contributed by atoms with E-state index in [2.05, 4.69) is 5.32 Å². The predicted molar refractivity (Wildman–Crippen MR) is 107 cm³/mol. The minimum absolute atomic E-state index is 0.00488. The molecule has 3 rings (SSSR count). The van der Waals surface area contributed by atoms with Crippen molar-refractivity contribution >= 4 is 44.8 Å². The van der Waals surface area contributed by atoms with E-state index in [-0.39, 0.29) is 46.3 Å². The number of rotatable bonds is 5. The summed E-state index contributed by atoms with van der Waals surface area (Å²) in [5.41, 5.74) is 0.503. The van der Waals surface area contributed by atoms with Gasteiger partial charge in [-0.25, -0.2) is 12.8 Å². The summed E-state index contributed by atoms with van der Waals surface area (Å²) in [4.78, 5) is 14.0. The SMILES string of the molecule is O=C(CN1CCN(S(=O)(=O)c2cccc(Cl)c2Cl)CC1)Nc1ccc(F)cc1. The molecule has 28 heavy (non-hydrogen) atoms. The van der Waals surface area contributed by atoms with Crippen molar-refractivity contribution in [2.75, 3.05) is 38.0 Å². The van der Waals surface area contributed by atoms with Crippen molar-refractivity contribution in [2.45, 2.75) is 4.90 Å². The van der Waals surface area contributed by atoms with Crippen LogP contribution in [-0.4, -0.2) is 56.3 Å². The predicted octanol–water partition coefficient (Wildman–Crippen LogP) is 3.08. The molecule has 0 aliphatic carbocycles. The molecule has 0 atom stereocenters. The summed E-state index contributed by atoms with van der Waals surface area (Å²) in [6.45, 7) is 1.37. The normalized spacial score (nSPS) is 16.1. The van der Waals surface area contributed by atoms with Crippen molar-refractivity contribution in [3.63, 3.8) is 0 Å². The Morgan fingerprint density at radius 2 is 1.68 bits per heavy atom. The lowest BCUT2D eigenvalue weighted by atomic mass is 10.3. The Morgan fingerprint density at radius 1 is 1.04 bits per heavy atom. The molecule has 0 aromatic heterocycles. The molecule has 150 valence electrons. The van der Waals surface area contributed by atoms with E-state index in [4.69, 9.17) is 23.2 Å². The average molecular weight is 446 g/mol. The van der Waals surface area contributed by atoms with Gasteiger partial charge in [0.05, 0.1) is 16.6 Å². The van der Waals surface area contributed by atoms with E-state index < -0.39 is 10.0 Å². The molecule has 1 aliphatic heterocycles. The molecule has 1 N–H and O–H groups in total. The maximum atomic E-state index is 12.9. The quantitative estimate of drug-likeness (QED) is 0.767. The summed E-state index contributed by atoms with van der Waals surface area (Å²) in [5.74, 6) is -0.629. The summed E-state index contributed by atoms with van der Waals surface area (Å²) in [6, 6.07) is 9.98. The standard InChI is InChI=1S/C18H18Cl2FN3O3S/c19-15-2-1-3-16(18(15)20)28(26,27)24-10-8-23(9-11-24)12-17(25)22-14-6-4-13(21)5-7-14/h1-7H,8-12H2,(H,22,25). The number of halogens is 3. The highest BCUT2D eigenvalue weighted by atomic mass is 35.5. The van der Waals surface area contributed by atoms with Crippen LogP contribution in [0.15, 0.2) is 47.4 Å². The zero-order valence-corrected chi connectivity index (χ0v) is 17.1. The van der Waals surface area contributed by atoms with E-state index in [1.807, 2.05) is 4.90 Å². The first-order valence-electron chi connectivity index (χ1n) is 8.49. The van der Waals surface area contributed by atoms with E-state index >= 15 is 0 Å². The number of nitrogens with zero attached hydrogens (tertiary/aromatic N) is 2. The minimum Gasteiger partial charge on any atom is -0.325 e. The Kier molecular flexibility index (Phi) is 6.57. The lowest BCUT2D eigenvalue weighted by Crippen LogP contribution is -2.50. The molecule has 0 unspecified atom stereocenters. The van der Waals surface area contributed by atoms with Crippen molar-refractivity contribution in [1.82, 2.24) is 9.21 Å². The van der Waals surface area contributed by atoms with E-state index in [0.717, 1.165) is 0 Å². The molecular formula is C18H18Cl2FN3O3S. The van der Waals surface area contributed by atoms with Gasteiger partial charge in [-0.2, -0.15) is 4.31 Å². The van der Waals surface area contributed by atoms with Crippen LogP contribution in [-0.2, 0) is 14.8 Å². The van der Waals surface area contributed by atoms with Gasteiger partial charge in [-0.1, -0.05) is 29.3 Å². The van der Waals surface area contributed by atoms with Gasteiger partial charge < -0.3 is 5.32 Å². The van der Waals surface area contributed by atoms with Gasteiger partial charge in [-0.05, 0) is 36.4 Å². The third-order valence-electron chi connectivity index (χ3n) is 4.36. The van der Waals surface area contributed by atoms with Crippen LogP contribution >= 0.6 is 23.2 Å². The third kappa shape index (κ3) is 4.82. The second kappa shape index (κ2) is 8.75. The fourth-order valence-corrected chi connectivity index (χ4v) is 5.05. The summed E-state index contributed by atoms with van der Waals surface area (Å²) in [5, 5.41) is 2.87. The van der Waals surface area contributed by atoms with Gasteiger partial charge in [0, 0.05) is 31.9 Å². The zero-order chi connectivity index (χ0) is 20.3. The molecule has 6 nitrogen and oxygen atoms in total. The molecule has 1 aliphatic rings. The highest BCUT2D eigenvalue weighted by Gasteiger charge is 2.31. The van der Waals surface area contributed by atoms with Gasteiger partial charge in [0.25, 0.3) is 0 Å². The van der Waals surface area contributed by atoms with Crippen LogP contribution in [0.2, 0.25) is 10.0 Å². The summed E-state index contributed by atoms with van der Waals surface area (Å²) in [7, 11) is -3.77. The van der Waals surface area contributed by atoms with Crippen molar-refractivity contribution in [1.29, 1.82) is 0 Å². The second-order valence-corrected chi connectivity index (χ2v) is 8.98. The smallest absolute Gasteiger partial charge is 0.244 e. The number of carbonyl (C=O) groups is 1. The summed E-state index contributed by atoms with van der Waals surface area (Å²) in [6.07, 6.45) is 0. The molecule has 1 fully saturated rings. The molecule has 0 spiro atoms. The van der Waals surface area contributed by atoms with E-state index in [1.165, 1.54) is 46.8 Å². The molecular weight excluding hydrogens is 428 g/mol. The number of hydrogen-bond acceptors (Lipinski definition) is 4. The van der Waals surface area contributed by atoms with Gasteiger partial charge >= 0.3 is 0 Å². The van der Waals surface area contributed by atoms with E-state index in [9.17, 15) is 17.6 Å². The average Bonchev–Trinajstić information content (AvgIpc) is 2.66. The lowest BCUT2D eigenvalue weighted by molar-refractivity contribution is -0.117. The van der Waals surface area contributed by atoms with Gasteiger partial charge in [0.15, 0.2) is 0 Å². The second-order valence-electron chi connectivity index (χ2n) is 6.29. The number of carbonyl (C=O) groups excluding carboxylic acids is 1. The first kappa shape index (κ1) is 21.0. The molecule has 0 bridgehead atoms. The van der Waals surface area contributed by atoms with Crippen LogP contribution in [0.3, 0.4) is 0 Å². The van der Waals surface area contributed by atoms with Crippen LogP contribution in [0.1, 0.15) is 0 Å². The van der Waals surface area contributed by atoms with Gasteiger partial charge in [-0.3, -0.25) is 9.69 Å². The Bertz CT molecular complexity index is 963. The number of nitrogens with one attached hydrogen (secondary N) is 1. The number of piperazine rings is 1. The molecule has 10 heteroatoms. The largest absolute Gasteiger partial charge is 0.325 e. The molecule has 2 aromatic carbocycles. The lowest BCUT2D eigenvalue weighted by Gasteiger charge is -2.33. The first-order chi connectivity index (χ1) is 13.3. The van der Waals surface area contributed by atoms with Gasteiger partial charge in [0.1, 0.15) is 10.7 Å². The number of hydrogen-bond donors (Lipinski definition) is 1. The van der Waals surface area contributed by atoms with Crippen LogP contribution < -0.4 is 5.32 Å². The number of sulfonamides is 1. The molecule has 0 radical (unpaired) electrons.